The second-order valence-electron chi connectivity index (χ2n) is 7.31. The van der Waals surface area contributed by atoms with Crippen molar-refractivity contribution >= 4 is 0 Å². The summed E-state index contributed by atoms with van der Waals surface area (Å²) in [7, 11) is 0. The molecule has 0 saturated heterocycles. The predicted octanol–water partition coefficient (Wildman–Crippen LogP) is 4.19. The fraction of sp³-hybridized carbons (Fsp3) is 0.667. The number of hydrogen-bond acceptors (Lipinski definition) is 2. The third kappa shape index (κ3) is 4.07. The van der Waals surface area contributed by atoms with Crippen molar-refractivity contribution in [3.63, 3.8) is 0 Å². The van der Waals surface area contributed by atoms with Crippen LogP contribution in [0.25, 0.3) is 0 Å². The Kier molecular flexibility index (Phi) is 4.87. The van der Waals surface area contributed by atoms with Crippen LogP contribution in [0.15, 0.2) is 18.2 Å². The molecule has 1 fully saturated rings. The summed E-state index contributed by atoms with van der Waals surface area (Å²) in [6.45, 7) is 10.5. The van der Waals surface area contributed by atoms with Gasteiger partial charge >= 0.3 is 0 Å². The van der Waals surface area contributed by atoms with Gasteiger partial charge in [0.1, 0.15) is 0 Å². The minimum atomic E-state index is 0.405. The molecule has 2 unspecified atom stereocenters. The van der Waals surface area contributed by atoms with Gasteiger partial charge in [-0.2, -0.15) is 0 Å². The van der Waals surface area contributed by atoms with Crippen LogP contribution < -0.4 is 5.73 Å². The first kappa shape index (κ1) is 15.5. The number of rotatable bonds is 4. The molecule has 1 aromatic rings. The molecule has 0 radical (unpaired) electrons. The molecule has 1 saturated carbocycles. The molecule has 112 valence electrons. The average Bonchev–Trinajstić information content (AvgIpc) is 2.34. The highest BCUT2D eigenvalue weighted by Gasteiger charge is 2.32. The van der Waals surface area contributed by atoms with Gasteiger partial charge < -0.3 is 10.5 Å². The van der Waals surface area contributed by atoms with Crippen molar-refractivity contribution in [3.05, 3.63) is 34.9 Å². The van der Waals surface area contributed by atoms with Crippen molar-refractivity contribution in [2.45, 2.75) is 66.2 Å². The summed E-state index contributed by atoms with van der Waals surface area (Å²) < 4.78 is 6.20. The summed E-state index contributed by atoms with van der Waals surface area (Å²) in [5.74, 6) is 0.768. The number of nitrogens with two attached hydrogens (primary N) is 1. The molecule has 2 rings (SSSR count). The van der Waals surface area contributed by atoms with Crippen molar-refractivity contribution in [2.24, 2.45) is 17.1 Å². The Morgan fingerprint density at radius 3 is 2.65 bits per heavy atom. The monoisotopic (exact) mass is 275 g/mol. The van der Waals surface area contributed by atoms with Crippen molar-refractivity contribution in [2.75, 3.05) is 0 Å². The van der Waals surface area contributed by atoms with Gasteiger partial charge in [-0.15, -0.1) is 0 Å². The normalized spacial score (nSPS) is 25.6. The Labute approximate surface area is 123 Å². The largest absolute Gasteiger partial charge is 0.374 e. The molecule has 2 N–H and O–H groups in total. The van der Waals surface area contributed by atoms with E-state index >= 15 is 0 Å². The number of benzene rings is 1. The second-order valence-corrected chi connectivity index (χ2v) is 7.31. The molecule has 0 bridgehead atoms. The molecule has 0 aromatic heterocycles. The SMILES string of the molecule is Cc1cc(CN)ccc1COC1CC(C)CC(C)(C)C1. The summed E-state index contributed by atoms with van der Waals surface area (Å²) >= 11 is 0. The average molecular weight is 275 g/mol. The van der Waals surface area contributed by atoms with Gasteiger partial charge in [-0.25, -0.2) is 0 Å². The van der Waals surface area contributed by atoms with Crippen LogP contribution in [-0.4, -0.2) is 6.10 Å². The molecule has 0 amide bonds. The van der Waals surface area contributed by atoms with E-state index in [4.69, 9.17) is 10.5 Å². The van der Waals surface area contributed by atoms with Gasteiger partial charge in [0.15, 0.2) is 0 Å². The van der Waals surface area contributed by atoms with Gasteiger partial charge in [-0.05, 0) is 54.2 Å². The van der Waals surface area contributed by atoms with Crippen molar-refractivity contribution in [1.82, 2.24) is 0 Å². The smallest absolute Gasteiger partial charge is 0.0723 e. The molecule has 2 atom stereocenters. The number of hydrogen-bond donors (Lipinski definition) is 1. The fourth-order valence-corrected chi connectivity index (χ4v) is 3.64. The summed E-state index contributed by atoms with van der Waals surface area (Å²) in [4.78, 5) is 0. The summed E-state index contributed by atoms with van der Waals surface area (Å²) in [6, 6.07) is 6.44. The molecular weight excluding hydrogens is 246 g/mol. The quantitative estimate of drug-likeness (QED) is 0.894. The second kappa shape index (κ2) is 6.28. The molecule has 1 aliphatic carbocycles. The molecule has 1 aliphatic rings. The van der Waals surface area contributed by atoms with Crippen LogP contribution in [0.1, 0.15) is 56.7 Å². The standard InChI is InChI=1S/C18H29NO/c1-13-7-17(10-18(3,4)9-13)20-12-16-6-5-15(11-19)8-14(16)2/h5-6,8,13,17H,7,9-12,19H2,1-4H3. The van der Waals surface area contributed by atoms with Crippen LogP contribution in [0.5, 0.6) is 0 Å². The zero-order valence-electron chi connectivity index (χ0n) is 13.4. The zero-order chi connectivity index (χ0) is 14.8. The Morgan fingerprint density at radius 2 is 2.05 bits per heavy atom. The minimum absolute atomic E-state index is 0.405. The molecule has 1 aromatic carbocycles. The van der Waals surface area contributed by atoms with Gasteiger partial charge in [-0.3, -0.25) is 0 Å². The third-order valence-electron chi connectivity index (χ3n) is 4.46. The van der Waals surface area contributed by atoms with E-state index in [0.29, 0.717) is 18.1 Å². The predicted molar refractivity (Wildman–Crippen MR) is 84.4 cm³/mol. The van der Waals surface area contributed by atoms with E-state index in [1.165, 1.54) is 36.0 Å². The van der Waals surface area contributed by atoms with Crippen molar-refractivity contribution in [1.29, 1.82) is 0 Å². The minimum Gasteiger partial charge on any atom is -0.374 e. The topological polar surface area (TPSA) is 35.2 Å². The fourth-order valence-electron chi connectivity index (χ4n) is 3.64. The third-order valence-corrected chi connectivity index (χ3v) is 4.46. The maximum Gasteiger partial charge on any atom is 0.0723 e. The highest BCUT2D eigenvalue weighted by molar-refractivity contribution is 5.30. The lowest BCUT2D eigenvalue weighted by atomic mass is 9.71. The van der Waals surface area contributed by atoms with E-state index in [2.05, 4.69) is 45.9 Å². The van der Waals surface area contributed by atoms with E-state index in [0.717, 1.165) is 12.5 Å². The van der Waals surface area contributed by atoms with E-state index in [1.54, 1.807) is 0 Å². The first-order valence-corrected chi connectivity index (χ1v) is 7.80. The molecule has 0 spiro atoms. The first-order valence-electron chi connectivity index (χ1n) is 7.80. The molecule has 0 heterocycles. The summed E-state index contributed by atoms with van der Waals surface area (Å²) in [5, 5.41) is 0. The van der Waals surface area contributed by atoms with Gasteiger partial charge in [-0.1, -0.05) is 39.0 Å². The van der Waals surface area contributed by atoms with Crippen LogP contribution >= 0.6 is 0 Å². The zero-order valence-corrected chi connectivity index (χ0v) is 13.4. The van der Waals surface area contributed by atoms with Crippen LogP contribution in [-0.2, 0) is 17.9 Å². The van der Waals surface area contributed by atoms with Crippen molar-refractivity contribution in [3.8, 4) is 0 Å². The first-order chi connectivity index (χ1) is 9.39. The Bertz CT molecular complexity index is 453. The van der Waals surface area contributed by atoms with Crippen LogP contribution in [0, 0.1) is 18.3 Å². The Balaban J connectivity index is 1.95. The number of ether oxygens (including phenoxy) is 1. The van der Waals surface area contributed by atoms with Crippen LogP contribution in [0.2, 0.25) is 0 Å². The Morgan fingerprint density at radius 1 is 1.30 bits per heavy atom. The summed E-state index contributed by atoms with van der Waals surface area (Å²) in [5.41, 5.74) is 9.86. The van der Waals surface area contributed by atoms with Gasteiger partial charge in [0.05, 0.1) is 12.7 Å². The van der Waals surface area contributed by atoms with E-state index in [9.17, 15) is 0 Å². The van der Waals surface area contributed by atoms with Gasteiger partial charge in [0.2, 0.25) is 0 Å². The summed E-state index contributed by atoms with van der Waals surface area (Å²) in [6.07, 6.45) is 4.10. The molecule has 20 heavy (non-hydrogen) atoms. The highest BCUT2D eigenvalue weighted by Crippen LogP contribution is 2.39. The maximum atomic E-state index is 6.20. The molecule has 2 heteroatoms. The lowest BCUT2D eigenvalue weighted by molar-refractivity contribution is -0.0317. The Hall–Kier alpha value is -0.860. The van der Waals surface area contributed by atoms with Crippen LogP contribution in [0.4, 0.5) is 0 Å². The van der Waals surface area contributed by atoms with Gasteiger partial charge in [0.25, 0.3) is 0 Å². The van der Waals surface area contributed by atoms with E-state index in [1.807, 2.05) is 0 Å². The highest BCUT2D eigenvalue weighted by atomic mass is 16.5. The lowest BCUT2D eigenvalue weighted by Gasteiger charge is -2.38. The van der Waals surface area contributed by atoms with Crippen LogP contribution in [0.3, 0.4) is 0 Å². The van der Waals surface area contributed by atoms with E-state index < -0.39 is 0 Å². The van der Waals surface area contributed by atoms with E-state index in [-0.39, 0.29) is 0 Å². The van der Waals surface area contributed by atoms with Gasteiger partial charge in [0, 0.05) is 6.54 Å². The lowest BCUT2D eigenvalue weighted by Crippen LogP contribution is -2.32. The molecular formula is C18H29NO. The maximum absolute atomic E-state index is 6.20. The van der Waals surface area contributed by atoms with Crippen molar-refractivity contribution < 1.29 is 4.74 Å². The molecule has 0 aliphatic heterocycles. The number of aryl methyl sites for hydroxylation is 1. The molecule has 2 nitrogen and oxygen atoms in total.